The maximum atomic E-state index is 11.1. The first kappa shape index (κ1) is 8.81. The summed E-state index contributed by atoms with van der Waals surface area (Å²) in [5.74, 6) is 1.57. The van der Waals surface area contributed by atoms with E-state index in [-0.39, 0.29) is 6.03 Å². The Morgan fingerprint density at radius 1 is 1.38 bits per heavy atom. The molecule has 2 amide bonds. The van der Waals surface area contributed by atoms with Crippen molar-refractivity contribution < 1.29 is 9.63 Å². The Morgan fingerprint density at radius 3 is 2.77 bits per heavy atom. The molecule has 74 valence electrons. The van der Waals surface area contributed by atoms with E-state index in [1.807, 2.05) is 0 Å². The summed E-state index contributed by atoms with van der Waals surface area (Å²) in [6.45, 7) is 0. The molecule has 3 atom stereocenters. The Labute approximate surface area is 78.0 Å². The van der Waals surface area contributed by atoms with Crippen LogP contribution in [0.5, 0.6) is 0 Å². The SMILES string of the molecule is CONC(=O)NC1CC2CCC1C2. The van der Waals surface area contributed by atoms with Crippen LogP contribution < -0.4 is 10.8 Å². The van der Waals surface area contributed by atoms with E-state index >= 15 is 0 Å². The van der Waals surface area contributed by atoms with Crippen LogP contribution in [0.3, 0.4) is 0 Å². The van der Waals surface area contributed by atoms with Crippen molar-refractivity contribution in [3.63, 3.8) is 0 Å². The van der Waals surface area contributed by atoms with E-state index in [0.29, 0.717) is 12.0 Å². The van der Waals surface area contributed by atoms with E-state index in [2.05, 4.69) is 15.6 Å². The zero-order valence-corrected chi connectivity index (χ0v) is 7.88. The number of carbonyl (C=O) groups is 1. The number of hydrogen-bond acceptors (Lipinski definition) is 2. The van der Waals surface area contributed by atoms with Crippen molar-refractivity contribution in [3.05, 3.63) is 0 Å². The van der Waals surface area contributed by atoms with Gasteiger partial charge in [0, 0.05) is 6.04 Å². The number of hydrogen-bond donors (Lipinski definition) is 2. The molecule has 4 nitrogen and oxygen atoms in total. The minimum absolute atomic E-state index is 0.208. The summed E-state index contributed by atoms with van der Waals surface area (Å²) in [6.07, 6.45) is 5.09. The van der Waals surface area contributed by atoms with Crippen LogP contribution in [0.1, 0.15) is 25.7 Å². The molecule has 2 N–H and O–H groups in total. The Bertz CT molecular complexity index is 208. The van der Waals surface area contributed by atoms with Crippen LogP contribution in [0, 0.1) is 11.8 Å². The third-order valence-electron chi connectivity index (χ3n) is 3.25. The minimum atomic E-state index is -0.208. The highest BCUT2D eigenvalue weighted by Crippen LogP contribution is 2.44. The monoisotopic (exact) mass is 184 g/mol. The molecule has 0 aromatic carbocycles. The van der Waals surface area contributed by atoms with E-state index < -0.39 is 0 Å². The van der Waals surface area contributed by atoms with Gasteiger partial charge in [-0.15, -0.1) is 0 Å². The molecular formula is C9H16N2O2. The van der Waals surface area contributed by atoms with Crippen molar-refractivity contribution in [3.8, 4) is 0 Å². The lowest BCUT2D eigenvalue weighted by atomic mass is 9.95. The van der Waals surface area contributed by atoms with Gasteiger partial charge in [0.1, 0.15) is 0 Å². The van der Waals surface area contributed by atoms with Gasteiger partial charge >= 0.3 is 6.03 Å². The molecule has 2 saturated carbocycles. The van der Waals surface area contributed by atoms with Crippen LogP contribution in [-0.4, -0.2) is 19.2 Å². The molecule has 2 rings (SSSR count). The lowest BCUT2D eigenvalue weighted by Gasteiger charge is -2.22. The highest BCUT2D eigenvalue weighted by atomic mass is 16.6. The van der Waals surface area contributed by atoms with Gasteiger partial charge in [-0.2, -0.15) is 0 Å². The van der Waals surface area contributed by atoms with Crippen LogP contribution >= 0.6 is 0 Å². The van der Waals surface area contributed by atoms with Crippen LogP contribution in [0.15, 0.2) is 0 Å². The van der Waals surface area contributed by atoms with Gasteiger partial charge in [0.15, 0.2) is 0 Å². The fourth-order valence-corrected chi connectivity index (χ4v) is 2.71. The van der Waals surface area contributed by atoms with Gasteiger partial charge in [0.25, 0.3) is 0 Å². The predicted molar refractivity (Wildman–Crippen MR) is 47.9 cm³/mol. The van der Waals surface area contributed by atoms with Crippen LogP contribution in [0.4, 0.5) is 4.79 Å². The molecule has 2 aliphatic carbocycles. The summed E-state index contributed by atoms with van der Waals surface area (Å²) in [5.41, 5.74) is 2.28. The third-order valence-corrected chi connectivity index (χ3v) is 3.25. The van der Waals surface area contributed by atoms with Crippen molar-refractivity contribution in [1.82, 2.24) is 10.8 Å². The molecule has 2 aliphatic rings. The van der Waals surface area contributed by atoms with E-state index in [0.717, 1.165) is 12.3 Å². The quantitative estimate of drug-likeness (QED) is 0.630. The number of fused-ring (bicyclic) bond motifs is 2. The average molecular weight is 184 g/mol. The first-order chi connectivity index (χ1) is 6.29. The Kier molecular flexibility index (Phi) is 2.40. The number of rotatable bonds is 2. The Morgan fingerprint density at radius 2 is 2.23 bits per heavy atom. The second-order valence-corrected chi connectivity index (χ2v) is 4.06. The van der Waals surface area contributed by atoms with E-state index in [4.69, 9.17) is 0 Å². The molecule has 0 aromatic rings. The molecule has 0 saturated heterocycles. The molecule has 0 aliphatic heterocycles. The van der Waals surface area contributed by atoms with Gasteiger partial charge in [0.05, 0.1) is 7.11 Å². The molecule has 3 unspecified atom stereocenters. The molecule has 0 heterocycles. The van der Waals surface area contributed by atoms with E-state index in [1.165, 1.54) is 26.4 Å². The number of hydroxylamine groups is 1. The number of amides is 2. The summed E-state index contributed by atoms with van der Waals surface area (Å²) in [6, 6.07) is 0.175. The van der Waals surface area contributed by atoms with Crippen LogP contribution in [0.25, 0.3) is 0 Å². The third kappa shape index (κ3) is 1.77. The maximum absolute atomic E-state index is 11.1. The van der Waals surface area contributed by atoms with Gasteiger partial charge in [-0.25, -0.2) is 10.3 Å². The number of nitrogens with one attached hydrogen (secondary N) is 2. The second-order valence-electron chi connectivity index (χ2n) is 4.06. The molecule has 13 heavy (non-hydrogen) atoms. The molecule has 4 heteroatoms. The summed E-state index contributed by atoms with van der Waals surface area (Å²) in [4.78, 5) is 15.7. The molecular weight excluding hydrogens is 168 g/mol. The zero-order valence-electron chi connectivity index (χ0n) is 7.88. The highest BCUT2D eigenvalue weighted by Gasteiger charge is 2.40. The Balaban J connectivity index is 1.79. The smallest absolute Gasteiger partial charge is 0.333 e. The van der Waals surface area contributed by atoms with Crippen molar-refractivity contribution in [2.24, 2.45) is 11.8 Å². The van der Waals surface area contributed by atoms with Gasteiger partial charge in [-0.05, 0) is 31.1 Å². The number of carbonyl (C=O) groups excluding carboxylic acids is 1. The van der Waals surface area contributed by atoms with Crippen molar-refractivity contribution in [2.45, 2.75) is 31.7 Å². The molecule has 2 fully saturated rings. The molecule has 0 aromatic heterocycles. The van der Waals surface area contributed by atoms with E-state index in [9.17, 15) is 4.79 Å². The maximum Gasteiger partial charge on any atom is 0.338 e. The molecule has 0 spiro atoms. The second kappa shape index (κ2) is 3.54. The van der Waals surface area contributed by atoms with Crippen molar-refractivity contribution >= 4 is 6.03 Å². The predicted octanol–water partition coefficient (Wildman–Crippen LogP) is 1.04. The van der Waals surface area contributed by atoms with Crippen molar-refractivity contribution in [2.75, 3.05) is 7.11 Å². The largest absolute Gasteiger partial charge is 0.338 e. The fourth-order valence-electron chi connectivity index (χ4n) is 2.71. The lowest BCUT2D eigenvalue weighted by molar-refractivity contribution is 0.104. The lowest BCUT2D eigenvalue weighted by Crippen LogP contribution is -2.43. The van der Waals surface area contributed by atoms with Gasteiger partial charge in [-0.1, -0.05) is 6.42 Å². The Hall–Kier alpha value is -0.770. The summed E-state index contributed by atoms with van der Waals surface area (Å²) in [5, 5.41) is 2.94. The molecule has 2 bridgehead atoms. The standard InChI is InChI=1S/C9H16N2O2/c1-13-11-9(12)10-8-5-6-2-3-7(8)4-6/h6-8H,2-5H2,1H3,(H2,10,11,12). The fraction of sp³-hybridized carbons (Fsp3) is 0.889. The summed E-state index contributed by atoms with van der Waals surface area (Å²) >= 11 is 0. The summed E-state index contributed by atoms with van der Waals surface area (Å²) < 4.78 is 0. The normalized spacial score (nSPS) is 36.2. The summed E-state index contributed by atoms with van der Waals surface area (Å²) in [7, 11) is 1.44. The average Bonchev–Trinajstić information content (AvgIpc) is 2.65. The van der Waals surface area contributed by atoms with Crippen LogP contribution in [0.2, 0.25) is 0 Å². The van der Waals surface area contributed by atoms with Gasteiger partial charge < -0.3 is 5.32 Å². The highest BCUT2D eigenvalue weighted by molar-refractivity contribution is 5.73. The van der Waals surface area contributed by atoms with Crippen LogP contribution in [-0.2, 0) is 4.84 Å². The van der Waals surface area contributed by atoms with Gasteiger partial charge in [0.2, 0.25) is 0 Å². The zero-order chi connectivity index (χ0) is 9.26. The first-order valence-electron chi connectivity index (χ1n) is 4.89. The first-order valence-corrected chi connectivity index (χ1v) is 4.89. The van der Waals surface area contributed by atoms with E-state index in [1.54, 1.807) is 0 Å². The number of urea groups is 1. The topological polar surface area (TPSA) is 50.4 Å². The van der Waals surface area contributed by atoms with Crippen molar-refractivity contribution in [1.29, 1.82) is 0 Å². The molecule has 0 radical (unpaired) electrons. The minimum Gasteiger partial charge on any atom is -0.333 e. The van der Waals surface area contributed by atoms with Gasteiger partial charge in [-0.3, -0.25) is 4.84 Å².